The van der Waals surface area contributed by atoms with Crippen LogP contribution < -0.4 is 5.32 Å². The molecule has 1 atom stereocenters. The predicted octanol–water partition coefficient (Wildman–Crippen LogP) is 3.24. The van der Waals surface area contributed by atoms with Crippen LogP contribution in [0.25, 0.3) is 0 Å². The second kappa shape index (κ2) is 6.53. The van der Waals surface area contributed by atoms with Crippen molar-refractivity contribution in [1.29, 1.82) is 0 Å². The average Bonchev–Trinajstić information content (AvgIpc) is 2.32. The summed E-state index contributed by atoms with van der Waals surface area (Å²) >= 11 is 0. The predicted molar refractivity (Wildman–Crippen MR) is 80.4 cm³/mol. The first kappa shape index (κ1) is 14.5. The number of hydrogen-bond acceptors (Lipinski definition) is 2. The van der Waals surface area contributed by atoms with Gasteiger partial charge in [0.2, 0.25) is 0 Å². The van der Waals surface area contributed by atoms with Crippen LogP contribution in [0.2, 0.25) is 0 Å². The van der Waals surface area contributed by atoms with Gasteiger partial charge in [0.15, 0.2) is 0 Å². The average molecular weight is 261 g/mol. The van der Waals surface area contributed by atoms with E-state index in [1.54, 1.807) is 0 Å². The first-order valence-electron chi connectivity index (χ1n) is 7.52. The van der Waals surface area contributed by atoms with Crippen LogP contribution in [0.5, 0.6) is 0 Å². The zero-order chi connectivity index (χ0) is 13.8. The molecule has 1 fully saturated rings. The van der Waals surface area contributed by atoms with Gasteiger partial charge in [0, 0.05) is 12.1 Å². The Bertz CT molecular complexity index is 379. The molecular weight excluding hydrogens is 234 g/mol. The van der Waals surface area contributed by atoms with Crippen molar-refractivity contribution in [3.05, 3.63) is 35.4 Å². The number of hydrogen-bond donors (Lipinski definition) is 2. The lowest BCUT2D eigenvalue weighted by Crippen LogP contribution is -2.47. The minimum absolute atomic E-state index is 0.254. The smallest absolute Gasteiger partial charge is 0.0584 e. The van der Waals surface area contributed by atoms with Crippen molar-refractivity contribution in [3.8, 4) is 0 Å². The van der Waals surface area contributed by atoms with E-state index in [9.17, 15) is 5.11 Å². The highest BCUT2D eigenvalue weighted by Crippen LogP contribution is 2.37. The second-order valence-corrected chi connectivity index (χ2v) is 6.45. The Morgan fingerprint density at radius 3 is 2.37 bits per heavy atom. The maximum Gasteiger partial charge on any atom is 0.0584 e. The third kappa shape index (κ3) is 4.05. The number of benzene rings is 1. The van der Waals surface area contributed by atoms with Crippen LogP contribution in [0, 0.1) is 12.8 Å². The van der Waals surface area contributed by atoms with Crippen molar-refractivity contribution < 1.29 is 5.11 Å². The van der Waals surface area contributed by atoms with Gasteiger partial charge in [-0.05, 0) is 43.6 Å². The molecule has 0 radical (unpaired) electrons. The maximum atomic E-state index is 9.39. The van der Waals surface area contributed by atoms with E-state index in [2.05, 4.69) is 50.4 Å². The first-order chi connectivity index (χ1) is 9.08. The minimum atomic E-state index is 0.254. The van der Waals surface area contributed by atoms with Crippen LogP contribution in [0.3, 0.4) is 0 Å². The summed E-state index contributed by atoms with van der Waals surface area (Å²) in [7, 11) is 0. The molecule has 1 aromatic carbocycles. The molecule has 0 aliphatic heterocycles. The molecule has 1 aromatic rings. The monoisotopic (exact) mass is 261 g/mol. The summed E-state index contributed by atoms with van der Waals surface area (Å²) in [6.45, 7) is 6.80. The molecule has 2 N–H and O–H groups in total. The molecule has 1 unspecified atom stereocenters. The van der Waals surface area contributed by atoms with E-state index in [-0.39, 0.29) is 12.6 Å². The number of aliphatic hydroxyl groups excluding tert-OH is 1. The standard InChI is InChI=1S/C17H27NO/c1-12(2)8-17(11-19)18-16-9-15(10-16)14-6-4-13(3)5-7-14/h4-7,12,15-19H,8-11H2,1-3H3. The molecule has 0 saturated heterocycles. The molecule has 1 aliphatic carbocycles. The summed E-state index contributed by atoms with van der Waals surface area (Å²) in [5.41, 5.74) is 2.79. The molecule has 106 valence electrons. The van der Waals surface area contributed by atoms with Gasteiger partial charge in [-0.1, -0.05) is 43.7 Å². The highest BCUT2D eigenvalue weighted by molar-refractivity contribution is 5.26. The maximum absolute atomic E-state index is 9.39. The van der Waals surface area contributed by atoms with Crippen LogP contribution in [-0.2, 0) is 0 Å². The van der Waals surface area contributed by atoms with Gasteiger partial charge in [0.1, 0.15) is 0 Å². The lowest BCUT2D eigenvalue weighted by atomic mass is 9.75. The number of aryl methyl sites for hydroxylation is 1. The summed E-state index contributed by atoms with van der Waals surface area (Å²) in [4.78, 5) is 0. The Kier molecular flexibility index (Phi) is 5.00. The van der Waals surface area contributed by atoms with Crippen LogP contribution >= 0.6 is 0 Å². The molecule has 0 amide bonds. The second-order valence-electron chi connectivity index (χ2n) is 6.45. The van der Waals surface area contributed by atoms with Gasteiger partial charge < -0.3 is 10.4 Å². The highest BCUT2D eigenvalue weighted by Gasteiger charge is 2.31. The molecule has 2 heteroatoms. The van der Waals surface area contributed by atoms with E-state index in [1.165, 1.54) is 24.0 Å². The number of rotatable bonds is 6. The van der Waals surface area contributed by atoms with Crippen LogP contribution in [0.15, 0.2) is 24.3 Å². The quantitative estimate of drug-likeness (QED) is 0.824. The molecular formula is C17H27NO. The molecule has 1 aliphatic rings. The van der Waals surface area contributed by atoms with Gasteiger partial charge in [-0.15, -0.1) is 0 Å². The van der Waals surface area contributed by atoms with E-state index >= 15 is 0 Å². The minimum Gasteiger partial charge on any atom is -0.395 e. The zero-order valence-corrected chi connectivity index (χ0v) is 12.4. The van der Waals surface area contributed by atoms with Crippen LogP contribution in [0.1, 0.15) is 50.2 Å². The van der Waals surface area contributed by atoms with E-state index < -0.39 is 0 Å². The Morgan fingerprint density at radius 1 is 1.21 bits per heavy atom. The summed E-state index contributed by atoms with van der Waals surface area (Å²) < 4.78 is 0. The molecule has 2 nitrogen and oxygen atoms in total. The molecule has 19 heavy (non-hydrogen) atoms. The van der Waals surface area contributed by atoms with Gasteiger partial charge in [-0.25, -0.2) is 0 Å². The van der Waals surface area contributed by atoms with Gasteiger partial charge >= 0.3 is 0 Å². The fourth-order valence-electron chi connectivity index (χ4n) is 2.96. The van der Waals surface area contributed by atoms with Gasteiger partial charge in [0.05, 0.1) is 6.61 Å². The van der Waals surface area contributed by atoms with Crippen molar-refractivity contribution >= 4 is 0 Å². The van der Waals surface area contributed by atoms with Crippen molar-refractivity contribution in [2.75, 3.05) is 6.61 Å². The Balaban J connectivity index is 1.78. The fraction of sp³-hybridized carbons (Fsp3) is 0.647. The van der Waals surface area contributed by atoms with Crippen LogP contribution in [0.4, 0.5) is 0 Å². The van der Waals surface area contributed by atoms with Gasteiger partial charge in [-0.2, -0.15) is 0 Å². The van der Waals surface area contributed by atoms with Crippen molar-refractivity contribution in [2.45, 2.75) is 58.0 Å². The van der Waals surface area contributed by atoms with E-state index in [0.717, 1.165) is 6.42 Å². The van der Waals surface area contributed by atoms with Crippen molar-refractivity contribution in [1.82, 2.24) is 5.32 Å². The zero-order valence-electron chi connectivity index (χ0n) is 12.4. The lowest BCUT2D eigenvalue weighted by Gasteiger charge is -2.39. The first-order valence-corrected chi connectivity index (χ1v) is 7.52. The summed E-state index contributed by atoms with van der Waals surface area (Å²) in [6.07, 6.45) is 3.47. The Hall–Kier alpha value is -0.860. The fourth-order valence-corrected chi connectivity index (χ4v) is 2.96. The molecule has 0 aromatic heterocycles. The number of nitrogens with one attached hydrogen (secondary N) is 1. The summed E-state index contributed by atoms with van der Waals surface area (Å²) in [5.74, 6) is 1.34. The SMILES string of the molecule is Cc1ccc(C2CC(NC(CO)CC(C)C)C2)cc1. The molecule has 0 heterocycles. The largest absolute Gasteiger partial charge is 0.395 e. The Morgan fingerprint density at radius 2 is 1.84 bits per heavy atom. The third-order valence-electron chi connectivity index (χ3n) is 4.13. The van der Waals surface area contributed by atoms with E-state index in [1.807, 2.05) is 0 Å². The molecule has 1 saturated carbocycles. The molecule has 0 spiro atoms. The van der Waals surface area contributed by atoms with Crippen molar-refractivity contribution in [2.24, 2.45) is 5.92 Å². The molecule has 0 bridgehead atoms. The number of aliphatic hydroxyl groups is 1. The summed E-state index contributed by atoms with van der Waals surface area (Å²) in [6, 6.07) is 9.77. The summed E-state index contributed by atoms with van der Waals surface area (Å²) in [5, 5.41) is 13.0. The molecule has 2 rings (SSSR count). The van der Waals surface area contributed by atoms with E-state index in [4.69, 9.17) is 0 Å². The Labute approximate surface area is 117 Å². The highest BCUT2D eigenvalue weighted by atomic mass is 16.3. The van der Waals surface area contributed by atoms with Gasteiger partial charge in [-0.3, -0.25) is 0 Å². The van der Waals surface area contributed by atoms with Crippen LogP contribution in [-0.4, -0.2) is 23.8 Å². The third-order valence-corrected chi connectivity index (χ3v) is 4.13. The topological polar surface area (TPSA) is 32.3 Å². The normalized spacial score (nSPS) is 24.3. The van der Waals surface area contributed by atoms with Gasteiger partial charge in [0.25, 0.3) is 0 Å². The lowest BCUT2D eigenvalue weighted by molar-refractivity contribution is 0.181. The van der Waals surface area contributed by atoms with Crippen molar-refractivity contribution in [3.63, 3.8) is 0 Å². The van der Waals surface area contributed by atoms with E-state index in [0.29, 0.717) is 17.9 Å².